The van der Waals surface area contributed by atoms with Crippen molar-refractivity contribution >= 4 is 5.96 Å². The summed E-state index contributed by atoms with van der Waals surface area (Å²) in [6.45, 7) is 7.97. The van der Waals surface area contributed by atoms with Crippen LogP contribution < -0.4 is 10.6 Å². The Hall–Kier alpha value is -1.52. The number of nitrogens with one attached hydrogen (secondary N) is 2. The molecular weight excluding hydrogens is 252 g/mol. The number of aliphatic imine (C=N–C) groups is 1. The quantitative estimate of drug-likeness (QED) is 0.436. The molecule has 5 heteroatoms. The second kappa shape index (κ2) is 9.39. The van der Waals surface area contributed by atoms with Gasteiger partial charge in [0.15, 0.2) is 5.96 Å². The Morgan fingerprint density at radius 1 is 1.15 bits per heavy atom. The van der Waals surface area contributed by atoms with E-state index in [1.807, 2.05) is 13.8 Å². The highest BCUT2D eigenvalue weighted by molar-refractivity contribution is 5.79. The lowest BCUT2D eigenvalue weighted by Gasteiger charge is -2.11. The van der Waals surface area contributed by atoms with Crippen LogP contribution in [0.2, 0.25) is 0 Å². The first-order chi connectivity index (χ1) is 9.69. The molecule has 0 aromatic carbocycles. The van der Waals surface area contributed by atoms with Crippen molar-refractivity contribution in [2.45, 2.75) is 52.9 Å². The third-order valence-electron chi connectivity index (χ3n) is 3.40. The molecule has 0 saturated heterocycles. The summed E-state index contributed by atoms with van der Waals surface area (Å²) in [5.41, 5.74) is 2.17. The van der Waals surface area contributed by atoms with Gasteiger partial charge in [0.2, 0.25) is 0 Å². The topological polar surface area (TPSA) is 62.5 Å². The highest BCUT2D eigenvalue weighted by Gasteiger charge is 2.08. The van der Waals surface area contributed by atoms with Gasteiger partial charge in [-0.3, -0.25) is 4.99 Å². The Bertz CT molecular complexity index is 393. The Kier molecular flexibility index (Phi) is 7.77. The van der Waals surface area contributed by atoms with Crippen molar-refractivity contribution in [3.05, 3.63) is 17.0 Å². The van der Waals surface area contributed by atoms with Crippen LogP contribution in [0.4, 0.5) is 0 Å². The van der Waals surface area contributed by atoms with Crippen LogP contribution in [0.15, 0.2) is 9.52 Å². The molecule has 0 amide bonds. The fourth-order valence-electron chi connectivity index (χ4n) is 2.14. The van der Waals surface area contributed by atoms with Crippen molar-refractivity contribution in [1.29, 1.82) is 0 Å². The van der Waals surface area contributed by atoms with Crippen LogP contribution in [0, 0.1) is 13.8 Å². The van der Waals surface area contributed by atoms with E-state index in [-0.39, 0.29) is 0 Å². The van der Waals surface area contributed by atoms with Gasteiger partial charge in [-0.05, 0) is 26.7 Å². The standard InChI is InChI=1S/C15H28N4O/c1-5-6-7-8-10-17-15(16-4)18-11-9-14-12(2)19-20-13(14)3/h5-11H2,1-4H3,(H2,16,17,18). The largest absolute Gasteiger partial charge is 0.361 e. The summed E-state index contributed by atoms with van der Waals surface area (Å²) in [6.07, 6.45) is 5.94. The molecule has 0 aliphatic rings. The van der Waals surface area contributed by atoms with Crippen LogP contribution in [0.25, 0.3) is 0 Å². The summed E-state index contributed by atoms with van der Waals surface area (Å²) in [6, 6.07) is 0. The molecule has 2 N–H and O–H groups in total. The highest BCUT2D eigenvalue weighted by atomic mass is 16.5. The predicted octanol–water partition coefficient (Wildman–Crippen LogP) is 2.58. The number of aromatic nitrogens is 1. The summed E-state index contributed by atoms with van der Waals surface area (Å²) in [5.74, 6) is 1.78. The van der Waals surface area contributed by atoms with E-state index in [4.69, 9.17) is 4.52 Å². The van der Waals surface area contributed by atoms with E-state index < -0.39 is 0 Å². The minimum atomic E-state index is 0.831. The van der Waals surface area contributed by atoms with Crippen LogP contribution in [0.5, 0.6) is 0 Å². The number of nitrogens with zero attached hydrogens (tertiary/aromatic N) is 2. The van der Waals surface area contributed by atoms with Crippen LogP contribution in [-0.4, -0.2) is 31.3 Å². The minimum Gasteiger partial charge on any atom is -0.361 e. The van der Waals surface area contributed by atoms with Crippen LogP contribution in [0.3, 0.4) is 0 Å². The van der Waals surface area contributed by atoms with Gasteiger partial charge in [0.05, 0.1) is 5.69 Å². The average Bonchev–Trinajstić information content (AvgIpc) is 2.76. The monoisotopic (exact) mass is 280 g/mol. The molecule has 0 bridgehead atoms. The summed E-state index contributed by atoms with van der Waals surface area (Å²) in [4.78, 5) is 4.22. The number of aryl methyl sites for hydroxylation is 2. The van der Waals surface area contributed by atoms with Crippen molar-refractivity contribution < 1.29 is 4.52 Å². The first-order valence-corrected chi connectivity index (χ1v) is 7.55. The highest BCUT2D eigenvalue weighted by Crippen LogP contribution is 2.11. The smallest absolute Gasteiger partial charge is 0.190 e. The molecular formula is C15H28N4O. The lowest BCUT2D eigenvalue weighted by molar-refractivity contribution is 0.392. The maximum absolute atomic E-state index is 5.16. The molecule has 5 nitrogen and oxygen atoms in total. The van der Waals surface area contributed by atoms with E-state index in [1.54, 1.807) is 7.05 Å². The van der Waals surface area contributed by atoms with E-state index >= 15 is 0 Å². The van der Waals surface area contributed by atoms with Crippen molar-refractivity contribution in [3.8, 4) is 0 Å². The molecule has 0 spiro atoms. The Balaban J connectivity index is 2.22. The SMILES string of the molecule is CCCCCCNC(=NC)NCCc1c(C)noc1C. The first kappa shape index (κ1) is 16.5. The normalized spacial score (nSPS) is 11.7. The molecule has 0 unspecified atom stereocenters. The van der Waals surface area contributed by atoms with Gasteiger partial charge in [0.25, 0.3) is 0 Å². The molecule has 1 aromatic heterocycles. The second-order valence-electron chi connectivity index (χ2n) is 5.04. The van der Waals surface area contributed by atoms with Crippen molar-refractivity contribution in [2.75, 3.05) is 20.1 Å². The van der Waals surface area contributed by atoms with E-state index in [2.05, 4.69) is 27.7 Å². The molecule has 20 heavy (non-hydrogen) atoms. The second-order valence-corrected chi connectivity index (χ2v) is 5.04. The van der Waals surface area contributed by atoms with Gasteiger partial charge in [-0.1, -0.05) is 31.3 Å². The molecule has 1 rings (SSSR count). The van der Waals surface area contributed by atoms with Crippen molar-refractivity contribution in [1.82, 2.24) is 15.8 Å². The number of rotatable bonds is 8. The first-order valence-electron chi connectivity index (χ1n) is 7.55. The third-order valence-corrected chi connectivity index (χ3v) is 3.40. The van der Waals surface area contributed by atoms with E-state index in [0.29, 0.717) is 0 Å². The van der Waals surface area contributed by atoms with Crippen LogP contribution in [0.1, 0.15) is 49.6 Å². The predicted molar refractivity (Wildman–Crippen MR) is 83.2 cm³/mol. The van der Waals surface area contributed by atoms with Gasteiger partial charge in [0.1, 0.15) is 5.76 Å². The number of hydrogen-bond donors (Lipinski definition) is 2. The number of hydrogen-bond acceptors (Lipinski definition) is 3. The molecule has 0 atom stereocenters. The maximum atomic E-state index is 5.16. The maximum Gasteiger partial charge on any atom is 0.190 e. The summed E-state index contributed by atoms with van der Waals surface area (Å²) in [5, 5.41) is 10.6. The summed E-state index contributed by atoms with van der Waals surface area (Å²) < 4.78 is 5.16. The fraction of sp³-hybridized carbons (Fsp3) is 0.733. The molecule has 0 radical (unpaired) electrons. The molecule has 114 valence electrons. The van der Waals surface area contributed by atoms with Gasteiger partial charge in [-0.25, -0.2) is 0 Å². The fourth-order valence-corrected chi connectivity index (χ4v) is 2.14. The molecule has 0 aliphatic carbocycles. The molecule has 0 saturated carbocycles. The van der Waals surface area contributed by atoms with Gasteiger partial charge in [0, 0.05) is 25.7 Å². The number of guanidine groups is 1. The van der Waals surface area contributed by atoms with Crippen molar-refractivity contribution in [2.24, 2.45) is 4.99 Å². The minimum absolute atomic E-state index is 0.831. The molecule has 0 aliphatic heterocycles. The average molecular weight is 280 g/mol. The van der Waals surface area contributed by atoms with E-state index in [1.165, 1.54) is 31.2 Å². The summed E-state index contributed by atoms with van der Waals surface area (Å²) in [7, 11) is 1.80. The Morgan fingerprint density at radius 3 is 2.50 bits per heavy atom. The zero-order valence-corrected chi connectivity index (χ0v) is 13.3. The lowest BCUT2D eigenvalue weighted by atomic mass is 10.1. The Labute approximate surface area is 122 Å². The van der Waals surface area contributed by atoms with Gasteiger partial charge in [-0.2, -0.15) is 0 Å². The Morgan fingerprint density at radius 2 is 1.90 bits per heavy atom. The van der Waals surface area contributed by atoms with Crippen LogP contribution in [-0.2, 0) is 6.42 Å². The van der Waals surface area contributed by atoms with Gasteiger partial charge in [-0.15, -0.1) is 0 Å². The van der Waals surface area contributed by atoms with Gasteiger partial charge < -0.3 is 15.2 Å². The lowest BCUT2D eigenvalue weighted by Crippen LogP contribution is -2.38. The number of unbranched alkanes of at least 4 members (excludes halogenated alkanes) is 3. The summed E-state index contributed by atoms with van der Waals surface area (Å²) >= 11 is 0. The zero-order chi connectivity index (χ0) is 14.8. The molecule has 1 heterocycles. The van der Waals surface area contributed by atoms with Gasteiger partial charge >= 0.3 is 0 Å². The third kappa shape index (κ3) is 5.63. The van der Waals surface area contributed by atoms with E-state index in [9.17, 15) is 0 Å². The zero-order valence-electron chi connectivity index (χ0n) is 13.3. The molecule has 0 fully saturated rings. The molecule has 1 aromatic rings. The van der Waals surface area contributed by atoms with Crippen LogP contribution >= 0.6 is 0 Å². The van der Waals surface area contributed by atoms with E-state index in [0.717, 1.165) is 36.9 Å². The van der Waals surface area contributed by atoms with Crippen molar-refractivity contribution in [3.63, 3.8) is 0 Å².